The highest BCUT2D eigenvalue weighted by atomic mass is 16.5. The van der Waals surface area contributed by atoms with Crippen LogP contribution in [0.15, 0.2) is 24.3 Å². The zero-order chi connectivity index (χ0) is 15.5. The largest absolute Gasteiger partial charge is 0.481 e. The number of hydrogen-bond donors (Lipinski definition) is 0. The highest BCUT2D eigenvalue weighted by molar-refractivity contribution is 5.71. The summed E-state index contributed by atoms with van der Waals surface area (Å²) in [7, 11) is 1.38. The molecule has 0 N–H and O–H groups in total. The molecule has 3 heteroatoms. The van der Waals surface area contributed by atoms with Crippen LogP contribution in [-0.4, -0.2) is 19.7 Å². The minimum Gasteiger partial charge on any atom is -0.481 e. The highest BCUT2D eigenvalue weighted by Gasteiger charge is 2.14. The molecule has 0 saturated carbocycles. The molecule has 0 heterocycles. The number of benzene rings is 1. The fourth-order valence-corrected chi connectivity index (χ4v) is 1.77. The van der Waals surface area contributed by atoms with Gasteiger partial charge in [0.25, 0.3) is 0 Å². The summed E-state index contributed by atoms with van der Waals surface area (Å²) < 4.78 is 10.2. The predicted octanol–water partition coefficient (Wildman–Crippen LogP) is 3.15. The quantitative estimate of drug-likeness (QED) is 0.615. The molecule has 1 aromatic rings. The summed E-state index contributed by atoms with van der Waals surface area (Å²) in [6.07, 6.45) is 1.08. The van der Waals surface area contributed by atoms with Crippen LogP contribution in [0, 0.1) is 23.7 Å². The van der Waals surface area contributed by atoms with Gasteiger partial charge in [-0.3, -0.25) is 4.79 Å². The van der Waals surface area contributed by atoms with Gasteiger partial charge in [-0.25, -0.2) is 0 Å². The van der Waals surface area contributed by atoms with Gasteiger partial charge in [0.05, 0.1) is 19.4 Å². The van der Waals surface area contributed by atoms with Crippen LogP contribution in [0.5, 0.6) is 5.75 Å². The van der Waals surface area contributed by atoms with Crippen LogP contribution in [0.25, 0.3) is 0 Å². The Morgan fingerprint density at radius 2 is 1.95 bits per heavy atom. The minimum absolute atomic E-state index is 0.156. The number of rotatable bonds is 5. The second-order valence-electron chi connectivity index (χ2n) is 4.29. The van der Waals surface area contributed by atoms with Crippen LogP contribution >= 0.6 is 0 Å². The van der Waals surface area contributed by atoms with Gasteiger partial charge in [0.1, 0.15) is 12.4 Å². The molecule has 0 amide bonds. The van der Waals surface area contributed by atoms with Gasteiger partial charge in [-0.1, -0.05) is 30.9 Å². The molecular weight excluding hydrogens is 264 g/mol. The van der Waals surface area contributed by atoms with Crippen molar-refractivity contribution in [2.75, 3.05) is 13.7 Å². The predicted molar refractivity (Wildman–Crippen MR) is 82.8 cm³/mol. The molecule has 0 aromatic heterocycles. The lowest BCUT2D eigenvalue weighted by Crippen LogP contribution is -2.07. The zero-order valence-electron chi connectivity index (χ0n) is 12.7. The minimum atomic E-state index is -0.266. The standard InChI is InChI=1S/C18H20O3/c1-4-6-7-13-21-17-11-9-15(10-12-17)16(8-5-2)14-18(19)20-3/h9-12,16H,4,13-14H2,1-3H3/t16-/m0/s1. The van der Waals surface area contributed by atoms with Crippen molar-refractivity contribution in [2.45, 2.75) is 32.6 Å². The summed E-state index contributed by atoms with van der Waals surface area (Å²) in [6.45, 7) is 4.14. The normalized spacial score (nSPS) is 10.4. The molecule has 0 aliphatic heterocycles. The molecule has 110 valence electrons. The van der Waals surface area contributed by atoms with E-state index >= 15 is 0 Å². The summed E-state index contributed by atoms with van der Waals surface area (Å²) in [4.78, 5) is 11.4. The highest BCUT2D eigenvalue weighted by Crippen LogP contribution is 2.22. The van der Waals surface area contributed by atoms with Crippen molar-refractivity contribution in [1.29, 1.82) is 0 Å². The molecule has 1 aromatic carbocycles. The van der Waals surface area contributed by atoms with E-state index in [1.165, 1.54) is 7.11 Å². The van der Waals surface area contributed by atoms with E-state index in [-0.39, 0.29) is 18.3 Å². The fourth-order valence-electron chi connectivity index (χ4n) is 1.77. The number of ether oxygens (including phenoxy) is 2. The van der Waals surface area contributed by atoms with Crippen LogP contribution in [-0.2, 0) is 9.53 Å². The lowest BCUT2D eigenvalue weighted by atomic mass is 9.96. The Balaban J connectivity index is 2.72. The summed E-state index contributed by atoms with van der Waals surface area (Å²) >= 11 is 0. The summed E-state index contributed by atoms with van der Waals surface area (Å²) in [6, 6.07) is 7.57. The van der Waals surface area contributed by atoms with Crippen molar-refractivity contribution in [1.82, 2.24) is 0 Å². The van der Waals surface area contributed by atoms with E-state index in [0.717, 1.165) is 17.7 Å². The third kappa shape index (κ3) is 6.06. The van der Waals surface area contributed by atoms with Gasteiger partial charge in [0.15, 0.2) is 0 Å². The maximum absolute atomic E-state index is 11.4. The smallest absolute Gasteiger partial charge is 0.307 e. The molecule has 3 nitrogen and oxygen atoms in total. The van der Waals surface area contributed by atoms with E-state index in [2.05, 4.69) is 23.7 Å². The molecule has 0 aliphatic carbocycles. The lowest BCUT2D eigenvalue weighted by Gasteiger charge is -2.10. The Labute approximate surface area is 126 Å². The van der Waals surface area contributed by atoms with E-state index in [9.17, 15) is 4.79 Å². The van der Waals surface area contributed by atoms with Gasteiger partial charge in [-0.15, -0.1) is 11.8 Å². The Morgan fingerprint density at radius 1 is 1.24 bits per heavy atom. The Bertz CT molecular complexity index is 564. The first kappa shape index (κ1) is 16.7. The van der Waals surface area contributed by atoms with E-state index < -0.39 is 0 Å². The van der Waals surface area contributed by atoms with Crippen LogP contribution in [0.4, 0.5) is 0 Å². The third-order valence-electron chi connectivity index (χ3n) is 2.81. The van der Waals surface area contributed by atoms with E-state index in [0.29, 0.717) is 6.61 Å². The second kappa shape index (κ2) is 9.50. The van der Waals surface area contributed by atoms with Crippen LogP contribution in [0.1, 0.15) is 38.2 Å². The number of esters is 1. The number of hydrogen-bond acceptors (Lipinski definition) is 3. The molecule has 0 radical (unpaired) electrons. The van der Waals surface area contributed by atoms with Gasteiger partial charge < -0.3 is 9.47 Å². The molecule has 0 bridgehead atoms. The molecule has 0 fully saturated rings. The van der Waals surface area contributed by atoms with Crippen LogP contribution < -0.4 is 4.74 Å². The Kier molecular flexibility index (Phi) is 7.54. The summed E-state index contributed by atoms with van der Waals surface area (Å²) in [5.74, 6) is 12.1. The topological polar surface area (TPSA) is 35.5 Å². The average Bonchev–Trinajstić information content (AvgIpc) is 2.51. The van der Waals surface area contributed by atoms with Crippen molar-refractivity contribution in [2.24, 2.45) is 0 Å². The van der Waals surface area contributed by atoms with Gasteiger partial charge >= 0.3 is 5.97 Å². The number of carbonyl (C=O) groups is 1. The zero-order valence-corrected chi connectivity index (χ0v) is 12.7. The number of carbonyl (C=O) groups excluding carboxylic acids is 1. The first-order valence-electron chi connectivity index (χ1n) is 6.88. The SMILES string of the molecule is CC#C[C@@H](CC(=O)OC)c1ccc(OCC#CCC)cc1. The number of methoxy groups -OCH3 is 1. The van der Waals surface area contributed by atoms with Crippen LogP contribution in [0.2, 0.25) is 0 Å². The molecule has 0 saturated heterocycles. The summed E-state index contributed by atoms with van der Waals surface area (Å²) in [5, 5.41) is 0. The third-order valence-corrected chi connectivity index (χ3v) is 2.81. The van der Waals surface area contributed by atoms with Crippen molar-refractivity contribution in [3.63, 3.8) is 0 Å². The molecule has 21 heavy (non-hydrogen) atoms. The molecule has 1 atom stereocenters. The average molecular weight is 284 g/mol. The maximum atomic E-state index is 11.4. The van der Waals surface area contributed by atoms with Gasteiger partial charge in [0, 0.05) is 6.42 Å². The summed E-state index contributed by atoms with van der Waals surface area (Å²) in [5.41, 5.74) is 0.974. The molecule has 1 rings (SSSR count). The first-order chi connectivity index (χ1) is 10.2. The first-order valence-corrected chi connectivity index (χ1v) is 6.88. The van der Waals surface area contributed by atoms with Gasteiger partial charge in [-0.05, 0) is 24.6 Å². The van der Waals surface area contributed by atoms with Gasteiger partial charge in [0.2, 0.25) is 0 Å². The fraction of sp³-hybridized carbons (Fsp3) is 0.389. The molecule has 0 unspecified atom stereocenters. The van der Waals surface area contributed by atoms with E-state index in [1.807, 2.05) is 31.2 Å². The van der Waals surface area contributed by atoms with Crippen LogP contribution in [0.3, 0.4) is 0 Å². The van der Waals surface area contributed by atoms with Crippen molar-refractivity contribution in [3.8, 4) is 29.4 Å². The van der Waals surface area contributed by atoms with Gasteiger partial charge in [-0.2, -0.15) is 0 Å². The lowest BCUT2D eigenvalue weighted by molar-refractivity contribution is -0.140. The Hall–Kier alpha value is -2.39. The molecule has 0 aliphatic rings. The second-order valence-corrected chi connectivity index (χ2v) is 4.29. The van der Waals surface area contributed by atoms with E-state index in [4.69, 9.17) is 9.47 Å². The van der Waals surface area contributed by atoms with Crippen molar-refractivity contribution >= 4 is 5.97 Å². The maximum Gasteiger partial charge on any atom is 0.307 e. The molecular formula is C18H20O3. The van der Waals surface area contributed by atoms with E-state index in [1.54, 1.807) is 6.92 Å². The monoisotopic (exact) mass is 284 g/mol. The van der Waals surface area contributed by atoms with Crippen molar-refractivity contribution in [3.05, 3.63) is 29.8 Å². The van der Waals surface area contributed by atoms with Crippen molar-refractivity contribution < 1.29 is 14.3 Å². The molecule has 0 spiro atoms. The Morgan fingerprint density at radius 3 is 2.52 bits per heavy atom.